The van der Waals surface area contributed by atoms with Gasteiger partial charge in [-0.3, -0.25) is 5.32 Å². The topological polar surface area (TPSA) is 12.0 Å². The minimum Gasteiger partial charge on any atom is -0.252 e. The lowest BCUT2D eigenvalue weighted by molar-refractivity contribution is -0.0565. The number of benzene rings is 1. The summed E-state index contributed by atoms with van der Waals surface area (Å²) in [6, 6.07) is 5.24. The number of hydrogen-bond acceptors (Lipinski definition) is 1. The van der Waals surface area contributed by atoms with Crippen molar-refractivity contribution in [2.75, 3.05) is 6.67 Å². The standard InChI is InChI=1S/C9H10F3N/c10-7-9(11,12)13-6-8-4-2-1-3-5-8/h1-5,13H,6-7H2. The number of nitrogens with one attached hydrogen (secondary N) is 1. The van der Waals surface area contributed by atoms with Gasteiger partial charge in [0.25, 0.3) is 0 Å². The number of rotatable bonds is 4. The lowest BCUT2D eigenvalue weighted by atomic mass is 10.2. The van der Waals surface area contributed by atoms with Crippen molar-refractivity contribution in [2.45, 2.75) is 12.6 Å². The van der Waals surface area contributed by atoms with Gasteiger partial charge >= 0.3 is 6.05 Å². The molecule has 1 aromatic carbocycles. The minimum absolute atomic E-state index is 0.0300. The van der Waals surface area contributed by atoms with Crippen molar-refractivity contribution in [3.63, 3.8) is 0 Å². The van der Waals surface area contributed by atoms with Crippen LogP contribution in [0.5, 0.6) is 0 Å². The van der Waals surface area contributed by atoms with Crippen molar-refractivity contribution >= 4 is 0 Å². The first kappa shape index (κ1) is 10.1. The summed E-state index contributed by atoms with van der Waals surface area (Å²) < 4.78 is 36.4. The molecule has 0 amide bonds. The van der Waals surface area contributed by atoms with E-state index in [4.69, 9.17) is 0 Å². The Morgan fingerprint density at radius 1 is 1.15 bits per heavy atom. The maximum atomic E-state index is 12.4. The summed E-state index contributed by atoms with van der Waals surface area (Å²) in [7, 11) is 0. The fourth-order valence-corrected chi connectivity index (χ4v) is 0.874. The molecule has 0 aliphatic heterocycles. The van der Waals surface area contributed by atoms with Gasteiger partial charge in [-0.25, -0.2) is 4.39 Å². The molecule has 72 valence electrons. The van der Waals surface area contributed by atoms with E-state index >= 15 is 0 Å². The van der Waals surface area contributed by atoms with Crippen molar-refractivity contribution in [2.24, 2.45) is 0 Å². The average molecular weight is 189 g/mol. The van der Waals surface area contributed by atoms with E-state index in [2.05, 4.69) is 0 Å². The van der Waals surface area contributed by atoms with Crippen LogP contribution in [-0.4, -0.2) is 12.7 Å². The van der Waals surface area contributed by atoms with Crippen LogP contribution < -0.4 is 5.32 Å². The van der Waals surface area contributed by atoms with Gasteiger partial charge in [0.1, 0.15) is 0 Å². The number of hydrogen-bond donors (Lipinski definition) is 1. The molecule has 0 bridgehead atoms. The number of alkyl halides is 3. The molecular weight excluding hydrogens is 179 g/mol. The lowest BCUT2D eigenvalue weighted by Gasteiger charge is -2.13. The van der Waals surface area contributed by atoms with Gasteiger partial charge in [0, 0.05) is 6.54 Å². The van der Waals surface area contributed by atoms with Crippen LogP contribution in [0, 0.1) is 0 Å². The Morgan fingerprint density at radius 2 is 1.77 bits per heavy atom. The number of halogens is 3. The molecule has 0 fully saturated rings. The van der Waals surface area contributed by atoms with Crippen LogP contribution in [-0.2, 0) is 6.54 Å². The van der Waals surface area contributed by atoms with E-state index in [1.54, 1.807) is 30.3 Å². The van der Waals surface area contributed by atoms with Gasteiger partial charge in [0.05, 0.1) is 0 Å². The zero-order chi connectivity index (χ0) is 9.73. The Balaban J connectivity index is 2.44. The molecule has 1 rings (SSSR count). The van der Waals surface area contributed by atoms with Gasteiger partial charge < -0.3 is 0 Å². The molecule has 0 unspecified atom stereocenters. The molecule has 1 aromatic rings. The van der Waals surface area contributed by atoms with E-state index in [-0.39, 0.29) is 6.54 Å². The van der Waals surface area contributed by atoms with Crippen LogP contribution in [0.1, 0.15) is 5.56 Å². The summed E-state index contributed by atoms with van der Waals surface area (Å²) in [6.07, 6.45) is 0. The molecule has 0 heterocycles. The molecule has 1 nitrogen and oxygen atoms in total. The molecule has 0 saturated heterocycles. The zero-order valence-corrected chi connectivity index (χ0v) is 6.93. The first-order valence-electron chi connectivity index (χ1n) is 3.87. The second-order valence-electron chi connectivity index (χ2n) is 2.68. The summed E-state index contributed by atoms with van der Waals surface area (Å²) in [5, 5.41) is 1.82. The molecule has 0 aliphatic carbocycles. The maximum absolute atomic E-state index is 12.4. The molecule has 0 aliphatic rings. The van der Waals surface area contributed by atoms with Crippen LogP contribution in [0.25, 0.3) is 0 Å². The average Bonchev–Trinajstić information content (AvgIpc) is 2.17. The summed E-state index contributed by atoms with van der Waals surface area (Å²) in [6.45, 7) is -1.71. The fraction of sp³-hybridized carbons (Fsp3) is 0.333. The highest BCUT2D eigenvalue weighted by Gasteiger charge is 2.27. The van der Waals surface area contributed by atoms with Crippen LogP contribution in [0.3, 0.4) is 0 Å². The van der Waals surface area contributed by atoms with E-state index in [1.807, 2.05) is 5.32 Å². The third-order valence-electron chi connectivity index (χ3n) is 1.56. The second kappa shape index (κ2) is 4.28. The first-order valence-corrected chi connectivity index (χ1v) is 3.87. The van der Waals surface area contributed by atoms with E-state index in [9.17, 15) is 13.2 Å². The summed E-state index contributed by atoms with van der Waals surface area (Å²) in [5.74, 6) is 0. The van der Waals surface area contributed by atoms with E-state index in [0.717, 1.165) is 0 Å². The van der Waals surface area contributed by atoms with Gasteiger partial charge in [0.2, 0.25) is 0 Å². The van der Waals surface area contributed by atoms with Crippen molar-refractivity contribution < 1.29 is 13.2 Å². The van der Waals surface area contributed by atoms with E-state index < -0.39 is 12.7 Å². The highest BCUT2D eigenvalue weighted by atomic mass is 19.3. The molecule has 0 radical (unpaired) electrons. The molecule has 0 spiro atoms. The van der Waals surface area contributed by atoms with Gasteiger partial charge in [-0.1, -0.05) is 30.3 Å². The monoisotopic (exact) mass is 189 g/mol. The highest BCUT2D eigenvalue weighted by Crippen LogP contribution is 2.10. The van der Waals surface area contributed by atoms with Crippen molar-refractivity contribution in [3.8, 4) is 0 Å². The smallest absolute Gasteiger partial charge is 0.252 e. The lowest BCUT2D eigenvalue weighted by Crippen LogP contribution is -2.37. The van der Waals surface area contributed by atoms with Crippen LogP contribution in [0.2, 0.25) is 0 Å². The van der Waals surface area contributed by atoms with Crippen LogP contribution >= 0.6 is 0 Å². The van der Waals surface area contributed by atoms with Gasteiger partial charge in [-0.2, -0.15) is 8.78 Å². The Kier molecular flexibility index (Phi) is 3.31. The van der Waals surface area contributed by atoms with Crippen molar-refractivity contribution in [1.82, 2.24) is 5.32 Å². The highest BCUT2D eigenvalue weighted by molar-refractivity contribution is 5.14. The molecule has 13 heavy (non-hydrogen) atoms. The Labute approximate surface area is 74.6 Å². The van der Waals surface area contributed by atoms with Gasteiger partial charge in [-0.05, 0) is 5.56 Å². The summed E-state index contributed by atoms with van der Waals surface area (Å²) in [4.78, 5) is 0. The molecule has 0 saturated carbocycles. The fourth-order valence-electron chi connectivity index (χ4n) is 0.874. The second-order valence-corrected chi connectivity index (χ2v) is 2.68. The molecule has 0 aromatic heterocycles. The Morgan fingerprint density at radius 3 is 2.31 bits per heavy atom. The van der Waals surface area contributed by atoms with Gasteiger partial charge in [-0.15, -0.1) is 0 Å². The SMILES string of the molecule is FCC(F)(F)NCc1ccccc1. The first-order chi connectivity index (χ1) is 6.14. The normalized spacial score (nSPS) is 11.6. The predicted octanol–water partition coefficient (Wildman–Crippen LogP) is 2.34. The Hall–Kier alpha value is -1.03. The predicted molar refractivity (Wildman–Crippen MR) is 44.2 cm³/mol. The maximum Gasteiger partial charge on any atom is 0.330 e. The molecule has 4 heteroatoms. The third-order valence-corrected chi connectivity index (χ3v) is 1.56. The minimum atomic E-state index is -3.42. The summed E-state index contributed by atoms with van der Waals surface area (Å²) in [5.41, 5.74) is 0.704. The van der Waals surface area contributed by atoms with E-state index in [0.29, 0.717) is 5.56 Å². The van der Waals surface area contributed by atoms with Crippen molar-refractivity contribution in [1.29, 1.82) is 0 Å². The van der Waals surface area contributed by atoms with E-state index in [1.165, 1.54) is 0 Å². The summed E-state index contributed by atoms with van der Waals surface area (Å²) >= 11 is 0. The van der Waals surface area contributed by atoms with Crippen LogP contribution in [0.15, 0.2) is 30.3 Å². The van der Waals surface area contributed by atoms with Crippen LogP contribution in [0.4, 0.5) is 13.2 Å². The quantitative estimate of drug-likeness (QED) is 0.717. The largest absolute Gasteiger partial charge is 0.330 e. The molecular formula is C9H10F3N. The van der Waals surface area contributed by atoms with Crippen molar-refractivity contribution in [3.05, 3.63) is 35.9 Å². The third kappa shape index (κ3) is 3.46. The zero-order valence-electron chi connectivity index (χ0n) is 6.93. The van der Waals surface area contributed by atoms with Gasteiger partial charge in [0.15, 0.2) is 6.67 Å². The molecule has 0 atom stereocenters. The molecule has 1 N–H and O–H groups in total. The Bertz CT molecular complexity index is 248.